The summed E-state index contributed by atoms with van der Waals surface area (Å²) in [6, 6.07) is 1.75. The third-order valence-corrected chi connectivity index (χ3v) is 3.56. The van der Waals surface area contributed by atoms with Gasteiger partial charge in [-0.3, -0.25) is 9.89 Å². The molecule has 0 unspecified atom stereocenters. The maximum Gasteiger partial charge on any atom is 0.278 e. The number of amides is 1. The number of nitrogens with two attached hydrogens (primary N) is 1. The fourth-order valence-corrected chi connectivity index (χ4v) is 2.19. The number of carbonyl (C=O) groups excluding carboxylic acids is 1. The van der Waals surface area contributed by atoms with Crippen molar-refractivity contribution in [3.05, 3.63) is 34.4 Å². The monoisotopic (exact) mass is 291 g/mol. The van der Waals surface area contributed by atoms with Gasteiger partial charge in [-0.1, -0.05) is 11.6 Å². The molecule has 7 heteroatoms. The van der Waals surface area contributed by atoms with Gasteiger partial charge in [-0.25, -0.2) is 4.98 Å². The van der Waals surface area contributed by atoms with Gasteiger partial charge in [-0.15, -0.1) is 0 Å². The molecule has 0 atom stereocenters. The fourth-order valence-electron chi connectivity index (χ4n) is 2.04. The van der Waals surface area contributed by atoms with Crippen LogP contribution in [-0.4, -0.2) is 21.1 Å². The Hall–Kier alpha value is -2.08. The first-order valence-electron chi connectivity index (χ1n) is 6.33. The highest BCUT2D eigenvalue weighted by molar-refractivity contribution is 6.32. The first-order valence-corrected chi connectivity index (χ1v) is 6.71. The molecule has 20 heavy (non-hydrogen) atoms. The van der Waals surface area contributed by atoms with Crippen LogP contribution in [0.2, 0.25) is 5.15 Å². The predicted molar refractivity (Wildman–Crippen MR) is 76.9 cm³/mol. The summed E-state index contributed by atoms with van der Waals surface area (Å²) < 4.78 is 0. The Morgan fingerprint density at radius 2 is 2.30 bits per heavy atom. The summed E-state index contributed by atoms with van der Waals surface area (Å²) in [4.78, 5) is 16.2. The number of carbonyl (C=O) groups is 1. The molecule has 0 aliphatic heterocycles. The third-order valence-electron chi connectivity index (χ3n) is 3.26. The van der Waals surface area contributed by atoms with Crippen molar-refractivity contribution in [2.45, 2.75) is 25.7 Å². The van der Waals surface area contributed by atoms with E-state index in [-0.39, 0.29) is 16.8 Å². The van der Waals surface area contributed by atoms with Crippen LogP contribution < -0.4 is 11.1 Å². The Bertz CT molecular complexity index is 677. The molecule has 0 saturated heterocycles. The molecular formula is C13H14ClN5O. The molecule has 0 bridgehead atoms. The van der Waals surface area contributed by atoms with E-state index in [1.54, 1.807) is 12.3 Å². The second kappa shape index (κ2) is 4.79. The van der Waals surface area contributed by atoms with Crippen molar-refractivity contribution in [1.29, 1.82) is 0 Å². The van der Waals surface area contributed by atoms with E-state index in [4.69, 9.17) is 17.3 Å². The summed E-state index contributed by atoms with van der Waals surface area (Å²) >= 11 is 5.95. The Labute approximate surface area is 120 Å². The van der Waals surface area contributed by atoms with Crippen LogP contribution >= 0.6 is 11.6 Å². The molecule has 0 radical (unpaired) electrons. The molecule has 1 saturated carbocycles. The van der Waals surface area contributed by atoms with Crippen LogP contribution in [0.3, 0.4) is 0 Å². The Morgan fingerprint density at radius 1 is 1.55 bits per heavy atom. The van der Waals surface area contributed by atoms with Crippen LogP contribution in [0.5, 0.6) is 0 Å². The van der Waals surface area contributed by atoms with Crippen LogP contribution in [0.15, 0.2) is 12.3 Å². The van der Waals surface area contributed by atoms with Crippen molar-refractivity contribution >= 4 is 28.9 Å². The summed E-state index contributed by atoms with van der Waals surface area (Å²) in [6.45, 7) is 1.87. The predicted octanol–water partition coefficient (Wildman–Crippen LogP) is 2.48. The first kappa shape index (κ1) is 12.9. The zero-order chi connectivity index (χ0) is 14.3. The third kappa shape index (κ3) is 2.34. The van der Waals surface area contributed by atoms with Gasteiger partial charge in [0.15, 0.2) is 10.8 Å². The normalized spacial score (nSPS) is 14.3. The van der Waals surface area contributed by atoms with Gasteiger partial charge in [0.1, 0.15) is 0 Å². The molecule has 1 aliphatic carbocycles. The molecule has 2 heterocycles. The number of pyridine rings is 1. The molecule has 4 N–H and O–H groups in total. The number of halogens is 1. The molecule has 0 spiro atoms. The summed E-state index contributed by atoms with van der Waals surface area (Å²) in [5, 5.41) is 9.77. The van der Waals surface area contributed by atoms with Gasteiger partial charge in [0.25, 0.3) is 5.91 Å². The Balaban J connectivity index is 1.84. The number of aromatic amines is 1. The number of aromatic nitrogens is 3. The van der Waals surface area contributed by atoms with E-state index in [9.17, 15) is 4.79 Å². The maximum absolute atomic E-state index is 12.2. The number of nitrogens with one attached hydrogen (secondary N) is 2. The van der Waals surface area contributed by atoms with E-state index in [1.807, 2.05) is 6.92 Å². The van der Waals surface area contributed by atoms with Crippen LogP contribution in [-0.2, 0) is 0 Å². The standard InChI is InChI=1S/C13H14ClN5O/c1-6-4-8(12(14)16-5-6)17-13(20)11-9(15)10(18-19-11)7-2-3-7/h4-5,7H,2-3,15H2,1H3,(H,17,20)(H,18,19). The molecule has 104 valence electrons. The topological polar surface area (TPSA) is 96.7 Å². The van der Waals surface area contributed by atoms with E-state index in [1.165, 1.54) is 0 Å². The number of aryl methyl sites for hydroxylation is 1. The minimum atomic E-state index is -0.389. The summed E-state index contributed by atoms with van der Waals surface area (Å²) in [5.41, 5.74) is 8.78. The largest absolute Gasteiger partial charge is 0.395 e. The molecule has 2 aromatic rings. The van der Waals surface area contributed by atoms with Crippen molar-refractivity contribution in [3.8, 4) is 0 Å². The smallest absolute Gasteiger partial charge is 0.278 e. The highest BCUT2D eigenvalue weighted by Crippen LogP contribution is 2.42. The average molecular weight is 292 g/mol. The first-order chi connectivity index (χ1) is 9.56. The van der Waals surface area contributed by atoms with Crippen molar-refractivity contribution in [3.63, 3.8) is 0 Å². The van der Waals surface area contributed by atoms with Crippen LogP contribution in [0, 0.1) is 6.92 Å². The van der Waals surface area contributed by atoms with Gasteiger partial charge in [0.2, 0.25) is 0 Å². The molecule has 1 fully saturated rings. The Morgan fingerprint density at radius 3 is 3.00 bits per heavy atom. The van der Waals surface area contributed by atoms with Crippen molar-refractivity contribution in [1.82, 2.24) is 15.2 Å². The maximum atomic E-state index is 12.2. The molecule has 2 aromatic heterocycles. The average Bonchev–Trinajstić information content (AvgIpc) is 3.17. The second-order valence-corrected chi connectivity index (χ2v) is 5.34. The van der Waals surface area contributed by atoms with Crippen LogP contribution in [0.4, 0.5) is 11.4 Å². The van der Waals surface area contributed by atoms with Gasteiger partial charge in [-0.05, 0) is 31.4 Å². The fraction of sp³-hybridized carbons (Fsp3) is 0.308. The van der Waals surface area contributed by atoms with E-state index >= 15 is 0 Å². The van der Waals surface area contributed by atoms with E-state index in [2.05, 4.69) is 20.5 Å². The lowest BCUT2D eigenvalue weighted by Crippen LogP contribution is -2.15. The minimum Gasteiger partial charge on any atom is -0.395 e. The summed E-state index contributed by atoms with van der Waals surface area (Å²) in [5.74, 6) is 0.0215. The quantitative estimate of drug-likeness (QED) is 0.757. The highest BCUT2D eigenvalue weighted by atomic mass is 35.5. The number of H-pyrrole nitrogens is 1. The molecular weight excluding hydrogens is 278 g/mol. The number of nitrogen functional groups attached to an aromatic ring is 1. The van der Waals surface area contributed by atoms with Crippen molar-refractivity contribution in [2.24, 2.45) is 0 Å². The molecule has 1 amide bonds. The SMILES string of the molecule is Cc1cnc(Cl)c(NC(=O)c2n[nH]c(C3CC3)c2N)c1. The number of rotatable bonds is 3. The van der Waals surface area contributed by atoms with Crippen LogP contribution in [0.1, 0.15) is 40.5 Å². The van der Waals surface area contributed by atoms with Crippen molar-refractivity contribution in [2.75, 3.05) is 11.1 Å². The van der Waals surface area contributed by atoms with Crippen LogP contribution in [0.25, 0.3) is 0 Å². The number of hydrogen-bond donors (Lipinski definition) is 3. The van der Waals surface area contributed by atoms with E-state index in [0.717, 1.165) is 24.1 Å². The number of nitrogens with zero attached hydrogens (tertiary/aromatic N) is 2. The van der Waals surface area contributed by atoms with E-state index in [0.29, 0.717) is 17.3 Å². The molecule has 1 aliphatic rings. The molecule has 6 nitrogen and oxygen atoms in total. The minimum absolute atomic E-state index is 0.199. The lowest BCUT2D eigenvalue weighted by molar-refractivity contribution is 0.102. The van der Waals surface area contributed by atoms with Gasteiger partial charge in [0.05, 0.1) is 17.1 Å². The summed E-state index contributed by atoms with van der Waals surface area (Å²) in [6.07, 6.45) is 3.80. The number of hydrogen-bond acceptors (Lipinski definition) is 4. The summed E-state index contributed by atoms with van der Waals surface area (Å²) in [7, 11) is 0. The van der Waals surface area contributed by atoms with Gasteiger partial charge in [-0.2, -0.15) is 5.10 Å². The van der Waals surface area contributed by atoms with Gasteiger partial charge in [0, 0.05) is 12.1 Å². The van der Waals surface area contributed by atoms with Gasteiger partial charge < -0.3 is 11.1 Å². The lowest BCUT2D eigenvalue weighted by Gasteiger charge is -2.06. The second-order valence-electron chi connectivity index (χ2n) is 4.98. The highest BCUT2D eigenvalue weighted by Gasteiger charge is 2.30. The van der Waals surface area contributed by atoms with E-state index < -0.39 is 0 Å². The Kier molecular flexibility index (Phi) is 3.10. The lowest BCUT2D eigenvalue weighted by atomic mass is 10.2. The molecule has 3 rings (SSSR count). The van der Waals surface area contributed by atoms with Crippen molar-refractivity contribution < 1.29 is 4.79 Å². The number of anilines is 2. The molecule has 0 aromatic carbocycles. The van der Waals surface area contributed by atoms with Gasteiger partial charge >= 0.3 is 0 Å². The zero-order valence-corrected chi connectivity index (χ0v) is 11.7. The zero-order valence-electron chi connectivity index (χ0n) is 10.9.